The summed E-state index contributed by atoms with van der Waals surface area (Å²) >= 11 is 6.13. The summed E-state index contributed by atoms with van der Waals surface area (Å²) in [4.78, 5) is 25.7. The summed E-state index contributed by atoms with van der Waals surface area (Å²) in [5.74, 6) is -0.491. The Labute approximate surface area is 146 Å². The van der Waals surface area contributed by atoms with Crippen LogP contribution in [-0.2, 0) is 4.79 Å². The molecule has 2 aromatic rings. The SMILES string of the molecule is CN(CC(=O)NC(C)(C)C)C(=O)c1cnn(-c2ccccc2Cl)c1. The molecule has 128 valence electrons. The Hall–Kier alpha value is -2.34. The third-order valence-corrected chi connectivity index (χ3v) is 3.49. The van der Waals surface area contributed by atoms with Crippen LogP contribution in [-0.4, -0.2) is 45.6 Å². The van der Waals surface area contributed by atoms with Crippen molar-refractivity contribution in [2.75, 3.05) is 13.6 Å². The number of aromatic nitrogens is 2. The molecular weight excluding hydrogens is 328 g/mol. The number of hydrogen-bond donors (Lipinski definition) is 1. The van der Waals surface area contributed by atoms with Crippen LogP contribution in [0.25, 0.3) is 5.69 Å². The van der Waals surface area contributed by atoms with Crippen molar-refractivity contribution in [3.8, 4) is 5.69 Å². The number of rotatable bonds is 4. The number of nitrogens with one attached hydrogen (secondary N) is 1. The second kappa shape index (κ2) is 7.05. The summed E-state index contributed by atoms with van der Waals surface area (Å²) in [6.07, 6.45) is 3.06. The monoisotopic (exact) mass is 348 g/mol. The molecule has 0 aliphatic carbocycles. The minimum atomic E-state index is -0.337. The van der Waals surface area contributed by atoms with Crippen LogP contribution in [0.3, 0.4) is 0 Å². The van der Waals surface area contributed by atoms with Gasteiger partial charge in [0.1, 0.15) is 0 Å². The van der Waals surface area contributed by atoms with Gasteiger partial charge in [0.05, 0.1) is 29.0 Å². The average Bonchev–Trinajstić information content (AvgIpc) is 2.94. The van der Waals surface area contributed by atoms with Crippen molar-refractivity contribution in [2.45, 2.75) is 26.3 Å². The van der Waals surface area contributed by atoms with E-state index in [1.807, 2.05) is 39.0 Å². The van der Waals surface area contributed by atoms with Crippen molar-refractivity contribution in [3.05, 3.63) is 47.2 Å². The van der Waals surface area contributed by atoms with Crippen LogP contribution in [0.4, 0.5) is 0 Å². The summed E-state index contributed by atoms with van der Waals surface area (Å²) in [6.45, 7) is 5.65. The minimum absolute atomic E-state index is 0.0205. The van der Waals surface area contributed by atoms with E-state index >= 15 is 0 Å². The molecule has 2 amide bonds. The maximum atomic E-state index is 12.4. The number of carbonyl (C=O) groups is 2. The van der Waals surface area contributed by atoms with Gasteiger partial charge in [0, 0.05) is 18.8 Å². The molecule has 0 saturated carbocycles. The number of hydrogen-bond acceptors (Lipinski definition) is 3. The van der Waals surface area contributed by atoms with Crippen molar-refractivity contribution in [3.63, 3.8) is 0 Å². The van der Waals surface area contributed by atoms with Crippen LogP contribution in [0.5, 0.6) is 0 Å². The molecule has 0 aliphatic rings. The highest BCUT2D eigenvalue weighted by molar-refractivity contribution is 6.32. The van der Waals surface area contributed by atoms with Gasteiger partial charge in [0.15, 0.2) is 0 Å². The highest BCUT2D eigenvalue weighted by Gasteiger charge is 2.20. The largest absolute Gasteiger partial charge is 0.350 e. The quantitative estimate of drug-likeness (QED) is 0.923. The molecule has 0 aliphatic heterocycles. The van der Waals surface area contributed by atoms with Gasteiger partial charge in [-0.3, -0.25) is 9.59 Å². The fraction of sp³-hybridized carbons (Fsp3) is 0.353. The Morgan fingerprint density at radius 2 is 1.96 bits per heavy atom. The zero-order valence-electron chi connectivity index (χ0n) is 14.2. The normalized spacial score (nSPS) is 11.2. The first kappa shape index (κ1) is 18.0. The van der Waals surface area contributed by atoms with Crippen LogP contribution in [0, 0.1) is 0 Å². The lowest BCUT2D eigenvalue weighted by Gasteiger charge is -2.23. The van der Waals surface area contributed by atoms with Crippen LogP contribution >= 0.6 is 11.6 Å². The second-order valence-corrected chi connectivity index (χ2v) is 6.99. The zero-order valence-corrected chi connectivity index (χ0v) is 15.0. The Morgan fingerprint density at radius 1 is 1.29 bits per heavy atom. The maximum absolute atomic E-state index is 12.4. The summed E-state index contributed by atoms with van der Waals surface area (Å²) in [5.41, 5.74) is 0.739. The standard InChI is InChI=1S/C17H21ClN4O2/c1-17(2,3)20-15(23)11-21(4)16(24)12-9-19-22(10-12)14-8-6-5-7-13(14)18/h5-10H,11H2,1-4H3,(H,20,23). The molecular formula is C17H21ClN4O2. The van der Waals surface area contributed by atoms with Crippen molar-refractivity contribution in [2.24, 2.45) is 0 Å². The maximum Gasteiger partial charge on any atom is 0.257 e. The van der Waals surface area contributed by atoms with E-state index in [9.17, 15) is 9.59 Å². The first-order valence-electron chi connectivity index (χ1n) is 7.53. The predicted octanol–water partition coefficient (Wildman–Crippen LogP) is 2.51. The number of benzene rings is 1. The Balaban J connectivity index is 2.08. The lowest BCUT2D eigenvalue weighted by molar-refractivity contribution is -0.122. The van der Waals surface area contributed by atoms with Gasteiger partial charge < -0.3 is 10.2 Å². The van der Waals surface area contributed by atoms with Gasteiger partial charge in [0.2, 0.25) is 5.91 Å². The van der Waals surface area contributed by atoms with E-state index in [0.717, 1.165) is 0 Å². The van der Waals surface area contributed by atoms with E-state index in [1.165, 1.54) is 11.1 Å². The summed E-state index contributed by atoms with van der Waals surface area (Å²) in [7, 11) is 1.58. The molecule has 0 radical (unpaired) electrons. The number of halogens is 1. The number of amides is 2. The fourth-order valence-corrected chi connectivity index (χ4v) is 2.39. The third-order valence-electron chi connectivity index (χ3n) is 3.17. The van der Waals surface area contributed by atoms with Crippen molar-refractivity contribution >= 4 is 23.4 Å². The minimum Gasteiger partial charge on any atom is -0.350 e. The molecule has 7 heteroatoms. The molecule has 1 heterocycles. The van der Waals surface area contributed by atoms with Gasteiger partial charge >= 0.3 is 0 Å². The van der Waals surface area contributed by atoms with Gasteiger partial charge in [-0.1, -0.05) is 23.7 Å². The van der Waals surface area contributed by atoms with Crippen LogP contribution in [0.15, 0.2) is 36.7 Å². The van der Waals surface area contributed by atoms with Crippen LogP contribution in [0.1, 0.15) is 31.1 Å². The third kappa shape index (κ3) is 4.58. The number of nitrogens with zero attached hydrogens (tertiary/aromatic N) is 3. The number of carbonyl (C=O) groups excluding carboxylic acids is 2. The van der Waals surface area contributed by atoms with Gasteiger partial charge in [-0.2, -0.15) is 5.10 Å². The Bertz CT molecular complexity index is 749. The molecule has 6 nitrogen and oxygen atoms in total. The van der Waals surface area contributed by atoms with E-state index in [1.54, 1.807) is 24.0 Å². The average molecular weight is 349 g/mol. The Morgan fingerprint density at radius 3 is 2.58 bits per heavy atom. The molecule has 0 saturated heterocycles. The molecule has 1 N–H and O–H groups in total. The molecule has 2 rings (SSSR count). The van der Waals surface area contributed by atoms with Gasteiger partial charge in [-0.25, -0.2) is 4.68 Å². The topological polar surface area (TPSA) is 67.2 Å². The predicted molar refractivity (Wildman–Crippen MR) is 93.4 cm³/mol. The lowest BCUT2D eigenvalue weighted by atomic mass is 10.1. The first-order valence-corrected chi connectivity index (χ1v) is 7.91. The summed E-state index contributed by atoms with van der Waals surface area (Å²) in [6, 6.07) is 7.23. The van der Waals surface area contributed by atoms with Gasteiger partial charge in [-0.05, 0) is 32.9 Å². The smallest absolute Gasteiger partial charge is 0.257 e. The van der Waals surface area contributed by atoms with Crippen LogP contribution in [0.2, 0.25) is 5.02 Å². The second-order valence-electron chi connectivity index (χ2n) is 6.58. The van der Waals surface area contributed by atoms with Gasteiger partial charge in [0.25, 0.3) is 5.91 Å². The molecule has 1 aromatic carbocycles. The molecule has 24 heavy (non-hydrogen) atoms. The van der Waals surface area contributed by atoms with E-state index in [4.69, 9.17) is 11.6 Å². The molecule has 0 atom stereocenters. The molecule has 0 bridgehead atoms. The molecule has 0 fully saturated rings. The van der Waals surface area contributed by atoms with Crippen molar-refractivity contribution in [1.29, 1.82) is 0 Å². The van der Waals surface area contributed by atoms with Gasteiger partial charge in [-0.15, -0.1) is 0 Å². The fourth-order valence-electron chi connectivity index (χ4n) is 2.17. The van der Waals surface area contributed by atoms with E-state index in [0.29, 0.717) is 16.3 Å². The zero-order chi connectivity index (χ0) is 17.9. The lowest BCUT2D eigenvalue weighted by Crippen LogP contribution is -2.46. The summed E-state index contributed by atoms with van der Waals surface area (Å²) < 4.78 is 1.54. The van der Waals surface area contributed by atoms with Crippen LogP contribution < -0.4 is 5.32 Å². The van der Waals surface area contributed by atoms with E-state index < -0.39 is 0 Å². The Kier molecular flexibility index (Phi) is 5.29. The van der Waals surface area contributed by atoms with E-state index in [2.05, 4.69) is 10.4 Å². The van der Waals surface area contributed by atoms with Crippen molar-refractivity contribution < 1.29 is 9.59 Å². The molecule has 0 spiro atoms. The highest BCUT2D eigenvalue weighted by atomic mass is 35.5. The number of likely N-dealkylation sites (N-methyl/N-ethyl adjacent to an activating group) is 1. The first-order chi connectivity index (χ1) is 11.2. The molecule has 0 unspecified atom stereocenters. The molecule has 1 aromatic heterocycles. The van der Waals surface area contributed by atoms with E-state index in [-0.39, 0.29) is 23.9 Å². The summed E-state index contributed by atoms with van der Waals surface area (Å²) in [5, 5.41) is 7.54. The number of para-hydroxylation sites is 1. The van der Waals surface area contributed by atoms with Crippen molar-refractivity contribution in [1.82, 2.24) is 20.0 Å². The highest BCUT2D eigenvalue weighted by Crippen LogP contribution is 2.19.